The topological polar surface area (TPSA) is 45.7 Å². The molecule has 1 saturated heterocycles. The fraction of sp³-hybridized carbons (Fsp3) is 0.333. The number of aromatic nitrogens is 1. The molecule has 30 heavy (non-hydrogen) atoms. The summed E-state index contributed by atoms with van der Waals surface area (Å²) in [5.41, 5.74) is 0.285. The van der Waals surface area contributed by atoms with Crippen LogP contribution in [0, 0.1) is 11.6 Å². The number of para-hydroxylation sites is 1. The first-order chi connectivity index (χ1) is 14.6. The molecule has 2 aromatic carbocycles. The van der Waals surface area contributed by atoms with E-state index in [1.54, 1.807) is 29.2 Å². The second-order valence-electron chi connectivity index (χ2n) is 6.83. The summed E-state index contributed by atoms with van der Waals surface area (Å²) < 4.78 is 33.3. The second-order valence-corrected chi connectivity index (χ2v) is 8.88. The largest absolute Gasteiger partial charge is 0.379 e. The highest BCUT2D eigenvalue weighted by atomic mass is 32.2. The molecule has 3 aromatic rings. The molecule has 0 radical (unpaired) electrons. The Balaban J connectivity index is 1.51. The molecule has 1 amide bonds. The van der Waals surface area contributed by atoms with Gasteiger partial charge >= 0.3 is 0 Å². The van der Waals surface area contributed by atoms with Crippen LogP contribution in [0.15, 0.2) is 47.4 Å². The summed E-state index contributed by atoms with van der Waals surface area (Å²) in [5.74, 6) is -0.629. The molecule has 1 aromatic heterocycles. The molecule has 1 aliphatic heterocycles. The van der Waals surface area contributed by atoms with E-state index in [2.05, 4.69) is 9.88 Å². The zero-order valence-corrected chi connectivity index (χ0v) is 17.9. The van der Waals surface area contributed by atoms with E-state index in [9.17, 15) is 13.6 Å². The van der Waals surface area contributed by atoms with E-state index < -0.39 is 5.82 Å². The summed E-state index contributed by atoms with van der Waals surface area (Å²) in [4.78, 5) is 22.2. The maximum Gasteiger partial charge on any atom is 0.239 e. The van der Waals surface area contributed by atoms with Crippen molar-refractivity contribution in [1.82, 2.24) is 9.88 Å². The van der Waals surface area contributed by atoms with Crippen molar-refractivity contribution in [3.63, 3.8) is 0 Å². The van der Waals surface area contributed by atoms with Crippen molar-refractivity contribution >= 4 is 44.4 Å². The minimum Gasteiger partial charge on any atom is -0.379 e. The monoisotopic (exact) mass is 449 g/mol. The molecule has 2 heterocycles. The summed E-state index contributed by atoms with van der Waals surface area (Å²) >= 11 is 2.65. The van der Waals surface area contributed by atoms with E-state index in [1.165, 1.54) is 41.3 Å². The number of hydrogen-bond acceptors (Lipinski definition) is 6. The summed E-state index contributed by atoms with van der Waals surface area (Å²) in [5, 5.41) is 0.494. The van der Waals surface area contributed by atoms with Crippen LogP contribution >= 0.6 is 23.1 Å². The van der Waals surface area contributed by atoms with Gasteiger partial charge in [-0.3, -0.25) is 14.6 Å². The Morgan fingerprint density at radius 2 is 1.93 bits per heavy atom. The minimum atomic E-state index is -0.392. The fourth-order valence-corrected chi connectivity index (χ4v) is 4.96. The Labute approximate surface area is 181 Å². The lowest BCUT2D eigenvalue weighted by molar-refractivity contribution is -0.116. The zero-order chi connectivity index (χ0) is 20.9. The number of halogens is 2. The molecule has 1 fully saturated rings. The second kappa shape index (κ2) is 9.82. The Kier molecular flexibility index (Phi) is 6.93. The maximum atomic E-state index is 14.1. The summed E-state index contributed by atoms with van der Waals surface area (Å²) in [6.07, 6.45) is 0. The molecule has 5 nitrogen and oxygen atoms in total. The molecule has 1 aliphatic rings. The van der Waals surface area contributed by atoms with Gasteiger partial charge in [0.1, 0.15) is 17.2 Å². The van der Waals surface area contributed by atoms with Crippen LogP contribution in [0.3, 0.4) is 0 Å². The normalized spacial score (nSPS) is 14.9. The number of carbonyl (C=O) groups excluding carboxylic acids is 1. The van der Waals surface area contributed by atoms with Crippen LogP contribution in [0.2, 0.25) is 0 Å². The summed E-state index contributed by atoms with van der Waals surface area (Å²) in [6, 6.07) is 10.9. The zero-order valence-electron chi connectivity index (χ0n) is 16.2. The fourth-order valence-electron chi connectivity index (χ4n) is 3.17. The third-order valence-corrected chi connectivity index (χ3v) is 6.85. The average molecular weight is 450 g/mol. The minimum absolute atomic E-state index is 0.114. The molecule has 0 spiro atoms. The van der Waals surface area contributed by atoms with E-state index in [1.807, 2.05) is 0 Å². The first-order valence-corrected chi connectivity index (χ1v) is 11.4. The van der Waals surface area contributed by atoms with Crippen LogP contribution in [0.1, 0.15) is 0 Å². The number of rotatable bonds is 7. The van der Waals surface area contributed by atoms with Crippen molar-refractivity contribution in [2.24, 2.45) is 0 Å². The number of amides is 1. The highest BCUT2D eigenvalue weighted by molar-refractivity contribution is 8.00. The molecule has 0 saturated carbocycles. The van der Waals surface area contributed by atoms with Crippen molar-refractivity contribution in [3.05, 3.63) is 54.1 Å². The van der Waals surface area contributed by atoms with Gasteiger partial charge in [-0.25, -0.2) is 13.8 Å². The van der Waals surface area contributed by atoms with E-state index in [4.69, 9.17) is 4.74 Å². The lowest BCUT2D eigenvalue weighted by Crippen LogP contribution is -2.43. The van der Waals surface area contributed by atoms with Gasteiger partial charge in [0.25, 0.3) is 0 Å². The number of benzene rings is 2. The van der Waals surface area contributed by atoms with Crippen molar-refractivity contribution in [2.75, 3.05) is 50.0 Å². The standard InChI is InChI=1S/C21H21F2N3O2S2/c22-15-4-6-16(7-5-15)29-14-19(27)26(9-8-25-10-12-28-13-11-25)21-24-20-17(23)2-1-3-18(20)30-21/h1-7H,8-14H2. The number of carbonyl (C=O) groups is 1. The first kappa shape index (κ1) is 21.2. The van der Waals surface area contributed by atoms with Gasteiger partial charge in [0.2, 0.25) is 5.91 Å². The average Bonchev–Trinajstić information content (AvgIpc) is 3.19. The Morgan fingerprint density at radius 1 is 1.17 bits per heavy atom. The van der Waals surface area contributed by atoms with Gasteiger partial charge < -0.3 is 4.74 Å². The van der Waals surface area contributed by atoms with E-state index >= 15 is 0 Å². The van der Waals surface area contributed by atoms with E-state index in [-0.39, 0.29) is 23.0 Å². The Morgan fingerprint density at radius 3 is 2.67 bits per heavy atom. The van der Waals surface area contributed by atoms with Gasteiger partial charge in [-0.15, -0.1) is 11.8 Å². The van der Waals surface area contributed by atoms with E-state index in [0.717, 1.165) is 18.0 Å². The molecule has 158 valence electrons. The predicted octanol–water partition coefficient (Wildman–Crippen LogP) is 4.03. The van der Waals surface area contributed by atoms with Crippen molar-refractivity contribution < 1.29 is 18.3 Å². The molecular formula is C21H21F2N3O2S2. The number of anilines is 1. The van der Waals surface area contributed by atoms with Gasteiger partial charge in [0.05, 0.1) is 23.7 Å². The number of morpholine rings is 1. The molecule has 4 rings (SSSR count). The highest BCUT2D eigenvalue weighted by Crippen LogP contribution is 2.31. The molecule has 0 aliphatic carbocycles. The number of nitrogens with zero attached hydrogens (tertiary/aromatic N) is 3. The van der Waals surface area contributed by atoms with Gasteiger partial charge in [0, 0.05) is 31.1 Å². The SMILES string of the molecule is O=C(CSc1ccc(F)cc1)N(CCN1CCOCC1)c1nc2c(F)cccc2s1. The van der Waals surface area contributed by atoms with Crippen LogP contribution in [0.4, 0.5) is 13.9 Å². The Hall–Kier alpha value is -2.07. The van der Waals surface area contributed by atoms with Gasteiger partial charge in [0.15, 0.2) is 5.13 Å². The van der Waals surface area contributed by atoms with Crippen LogP contribution in [0.5, 0.6) is 0 Å². The van der Waals surface area contributed by atoms with Crippen LogP contribution in [-0.2, 0) is 9.53 Å². The smallest absolute Gasteiger partial charge is 0.239 e. The number of thioether (sulfide) groups is 1. The summed E-state index contributed by atoms with van der Waals surface area (Å²) in [6.45, 7) is 4.15. The molecule has 0 N–H and O–H groups in total. The van der Waals surface area contributed by atoms with Gasteiger partial charge in [-0.1, -0.05) is 17.4 Å². The quantitative estimate of drug-likeness (QED) is 0.510. The third kappa shape index (κ3) is 5.15. The maximum absolute atomic E-state index is 14.1. The van der Waals surface area contributed by atoms with Crippen molar-refractivity contribution in [2.45, 2.75) is 4.90 Å². The molecular weight excluding hydrogens is 428 g/mol. The lowest BCUT2D eigenvalue weighted by Gasteiger charge is -2.29. The summed E-state index contributed by atoms with van der Waals surface area (Å²) in [7, 11) is 0. The van der Waals surface area contributed by atoms with Crippen LogP contribution in [0.25, 0.3) is 10.2 Å². The first-order valence-electron chi connectivity index (χ1n) is 9.64. The number of hydrogen-bond donors (Lipinski definition) is 0. The number of ether oxygens (including phenoxy) is 1. The van der Waals surface area contributed by atoms with Gasteiger partial charge in [-0.2, -0.15) is 0 Å². The molecule has 0 unspecified atom stereocenters. The number of thiazole rings is 1. The van der Waals surface area contributed by atoms with E-state index in [0.29, 0.717) is 36.1 Å². The lowest BCUT2D eigenvalue weighted by atomic mass is 10.3. The highest BCUT2D eigenvalue weighted by Gasteiger charge is 2.22. The van der Waals surface area contributed by atoms with Crippen LogP contribution < -0.4 is 4.90 Å². The third-order valence-electron chi connectivity index (χ3n) is 4.81. The predicted molar refractivity (Wildman–Crippen MR) is 116 cm³/mol. The van der Waals surface area contributed by atoms with Crippen LogP contribution in [-0.4, -0.2) is 60.9 Å². The van der Waals surface area contributed by atoms with Crippen molar-refractivity contribution in [3.8, 4) is 0 Å². The number of fused-ring (bicyclic) bond motifs is 1. The molecule has 0 atom stereocenters. The van der Waals surface area contributed by atoms with Gasteiger partial charge in [-0.05, 0) is 36.4 Å². The molecule has 0 bridgehead atoms. The van der Waals surface area contributed by atoms with Crippen molar-refractivity contribution in [1.29, 1.82) is 0 Å². The molecule has 9 heteroatoms. The Bertz CT molecular complexity index is 1010.